The van der Waals surface area contributed by atoms with Crippen LogP contribution in [-0.4, -0.2) is 109 Å². The number of nitrogens with zero attached hydrogens (tertiary/aromatic N) is 12. The van der Waals surface area contributed by atoms with E-state index in [9.17, 15) is 14.4 Å². The highest BCUT2D eigenvalue weighted by Crippen LogP contribution is 2.27. The number of primary amides is 3. The molecular weight excluding hydrogens is 1040 g/mol. The van der Waals surface area contributed by atoms with Crippen molar-refractivity contribution < 1.29 is 14.4 Å². The van der Waals surface area contributed by atoms with E-state index in [2.05, 4.69) is 86.4 Å². The summed E-state index contributed by atoms with van der Waals surface area (Å²) in [5.74, 6) is 1.69. The highest BCUT2D eigenvalue weighted by molar-refractivity contribution is 7.98. The molecule has 9 aromatic rings. The predicted molar refractivity (Wildman–Crippen MR) is 309 cm³/mol. The average molecular weight is 1100 g/mol. The Kier molecular flexibility index (Phi) is 20.7. The zero-order valence-corrected chi connectivity index (χ0v) is 44.5. The van der Waals surface area contributed by atoms with E-state index in [1.807, 2.05) is 92.9 Å². The number of aromatic nitrogens is 12. The summed E-state index contributed by atoms with van der Waals surface area (Å²) < 4.78 is 0. The maximum atomic E-state index is 11.8. The third-order valence-electron chi connectivity index (χ3n) is 11.4. The van der Waals surface area contributed by atoms with E-state index < -0.39 is 17.7 Å². The number of nitrogens with one attached hydrogen (secondary N) is 5. The molecule has 0 aliphatic heterocycles. The summed E-state index contributed by atoms with van der Waals surface area (Å²) in [7, 11) is 0. The Labute approximate surface area is 464 Å². The molecule has 0 saturated carbocycles. The first-order valence-electron chi connectivity index (χ1n) is 24.8. The van der Waals surface area contributed by atoms with Crippen LogP contribution in [0.5, 0.6) is 0 Å². The maximum Gasteiger partial charge on any atom is 0.254 e. The first kappa shape index (κ1) is 57.5. The number of rotatable bonds is 21. The number of thioether (sulfide) groups is 1. The minimum absolute atomic E-state index is 0.0332. The van der Waals surface area contributed by atoms with Crippen LogP contribution in [0.25, 0.3) is 34.2 Å². The van der Waals surface area contributed by atoms with Crippen molar-refractivity contribution in [1.29, 1.82) is 0 Å². The second kappa shape index (κ2) is 28.8. The number of benzene rings is 3. The monoisotopic (exact) mass is 1090 g/mol. The molecule has 9 rings (SSSR count). The molecule has 26 heteroatoms. The van der Waals surface area contributed by atoms with Gasteiger partial charge in [0.1, 0.15) is 34.1 Å². The molecular formula is C54H58N22O3S. The van der Waals surface area contributed by atoms with Crippen molar-refractivity contribution in [1.82, 2.24) is 59.8 Å². The van der Waals surface area contributed by atoms with Gasteiger partial charge < -0.3 is 55.3 Å². The number of hydrogen-bond acceptors (Lipinski definition) is 23. The summed E-state index contributed by atoms with van der Waals surface area (Å²) in [5, 5.41) is 16.2. The van der Waals surface area contributed by atoms with Crippen molar-refractivity contribution in [3.05, 3.63) is 163 Å². The summed E-state index contributed by atoms with van der Waals surface area (Å²) in [5.41, 5.74) is 33.1. The summed E-state index contributed by atoms with van der Waals surface area (Å²) in [6.07, 6.45) is 17.8. The van der Waals surface area contributed by atoms with E-state index in [4.69, 9.17) is 28.7 Å². The average Bonchev–Trinajstić information content (AvgIpc) is 3.49. The molecule has 0 aliphatic rings. The molecule has 0 spiro atoms. The van der Waals surface area contributed by atoms with Gasteiger partial charge >= 0.3 is 0 Å². The first-order valence-corrected chi connectivity index (χ1v) is 26.0. The van der Waals surface area contributed by atoms with Gasteiger partial charge in [0.25, 0.3) is 17.7 Å². The Morgan fingerprint density at radius 3 is 1.09 bits per heavy atom. The van der Waals surface area contributed by atoms with Crippen LogP contribution in [0.2, 0.25) is 0 Å². The van der Waals surface area contributed by atoms with Gasteiger partial charge in [0.15, 0.2) is 22.6 Å². The van der Waals surface area contributed by atoms with Crippen LogP contribution in [0.15, 0.2) is 152 Å². The van der Waals surface area contributed by atoms with Crippen molar-refractivity contribution >= 4 is 75.9 Å². The van der Waals surface area contributed by atoms with Gasteiger partial charge in [-0.15, -0.1) is 0 Å². The molecule has 80 heavy (non-hydrogen) atoms. The molecule has 2 atom stereocenters. The number of carbonyl (C=O) groups excluding carboxylic acids is 3. The summed E-state index contributed by atoms with van der Waals surface area (Å²) >= 11 is 1.38. The van der Waals surface area contributed by atoms with Gasteiger partial charge in [-0.1, -0.05) is 62.0 Å². The van der Waals surface area contributed by atoms with Crippen LogP contribution in [0.3, 0.4) is 0 Å². The maximum absolute atomic E-state index is 11.8. The highest BCUT2D eigenvalue weighted by Gasteiger charge is 2.18. The lowest BCUT2D eigenvalue weighted by Gasteiger charge is -2.16. The Hall–Kier alpha value is -10.2. The molecule has 6 heterocycles. The summed E-state index contributed by atoms with van der Waals surface area (Å²) in [4.78, 5) is 86.1. The van der Waals surface area contributed by atoms with Crippen LogP contribution < -0.4 is 55.3 Å². The number of amides is 3. The van der Waals surface area contributed by atoms with Crippen LogP contribution in [-0.2, 0) is 0 Å². The van der Waals surface area contributed by atoms with Crippen molar-refractivity contribution in [2.24, 2.45) is 28.7 Å². The third kappa shape index (κ3) is 16.2. The third-order valence-corrected chi connectivity index (χ3v) is 12.0. The van der Waals surface area contributed by atoms with E-state index in [-0.39, 0.29) is 28.8 Å². The van der Waals surface area contributed by atoms with Gasteiger partial charge in [-0.25, -0.2) is 49.8 Å². The molecule has 15 N–H and O–H groups in total. The van der Waals surface area contributed by atoms with Crippen molar-refractivity contribution in [3.8, 4) is 34.2 Å². The van der Waals surface area contributed by atoms with Crippen molar-refractivity contribution in [2.45, 2.75) is 43.9 Å². The molecule has 25 nitrogen and oxygen atoms in total. The fourth-order valence-corrected chi connectivity index (χ4v) is 7.52. The summed E-state index contributed by atoms with van der Waals surface area (Å²) in [6, 6.07) is 27.8. The molecule has 0 bridgehead atoms. The van der Waals surface area contributed by atoms with Crippen LogP contribution in [0, 0.1) is 0 Å². The first-order chi connectivity index (χ1) is 38.9. The molecule has 408 valence electrons. The van der Waals surface area contributed by atoms with E-state index in [1.165, 1.54) is 30.4 Å². The molecule has 3 amide bonds. The van der Waals surface area contributed by atoms with Crippen LogP contribution in [0.4, 0.5) is 46.4 Å². The van der Waals surface area contributed by atoms with Crippen LogP contribution >= 0.6 is 11.8 Å². The van der Waals surface area contributed by atoms with Gasteiger partial charge in [0.2, 0.25) is 11.9 Å². The second-order valence-corrected chi connectivity index (χ2v) is 17.7. The zero-order chi connectivity index (χ0) is 56.8. The van der Waals surface area contributed by atoms with Gasteiger partial charge in [-0.05, 0) is 73.7 Å². The van der Waals surface area contributed by atoms with Gasteiger partial charge in [-0.3, -0.25) is 14.4 Å². The molecule has 0 unspecified atom stereocenters. The lowest BCUT2D eigenvalue weighted by atomic mass is 10.2. The Morgan fingerprint density at radius 2 is 0.787 bits per heavy atom. The van der Waals surface area contributed by atoms with Gasteiger partial charge in [0, 0.05) is 115 Å². The molecule has 0 radical (unpaired) electrons. The van der Waals surface area contributed by atoms with Gasteiger partial charge in [0.05, 0.1) is 0 Å². The molecule has 0 saturated heterocycles. The van der Waals surface area contributed by atoms with E-state index in [1.54, 1.807) is 55.4 Å². The Balaban J connectivity index is 0.000000174. The zero-order valence-electron chi connectivity index (χ0n) is 43.7. The Bertz CT molecular complexity index is 3330. The minimum atomic E-state index is -0.623. The molecule has 6 aromatic heterocycles. The molecule has 3 aromatic carbocycles. The number of hydrogen-bond donors (Lipinski definition) is 10. The smallest absolute Gasteiger partial charge is 0.254 e. The fraction of sp³-hybridized carbons (Fsp3) is 0.167. The number of nitrogens with two attached hydrogens (primary N) is 5. The Morgan fingerprint density at radius 1 is 0.463 bits per heavy atom. The number of anilines is 8. The fourth-order valence-electron chi connectivity index (χ4n) is 7.18. The van der Waals surface area contributed by atoms with Crippen LogP contribution in [0.1, 0.15) is 57.8 Å². The quantitative estimate of drug-likeness (QED) is 0.0277. The van der Waals surface area contributed by atoms with Crippen molar-refractivity contribution in [2.75, 3.05) is 45.9 Å². The number of carbonyl (C=O) groups is 3. The SMILES string of the molecule is CC[C@H](CN)Nc1ncc(C(N)=O)c(Nc2cccc(-c3ncccn3)c2)n1.CC[C@H](CN)Nc1ncc(C(N)=O)c(Nc2cccc(-c3ncccn3)c2)n1.CSc1ncc(C(N)=O)c(Nc2cccc(-c3ncccn3)c2)n1. The summed E-state index contributed by atoms with van der Waals surface area (Å²) in [6.45, 7) is 4.91. The predicted octanol–water partition coefficient (Wildman–Crippen LogP) is 6.35. The van der Waals surface area contributed by atoms with E-state index in [0.717, 1.165) is 35.2 Å². The van der Waals surface area contributed by atoms with E-state index >= 15 is 0 Å². The largest absolute Gasteiger partial charge is 0.365 e. The van der Waals surface area contributed by atoms with Gasteiger partial charge in [-0.2, -0.15) is 9.97 Å². The molecule has 0 fully saturated rings. The molecule has 0 aliphatic carbocycles. The minimum Gasteiger partial charge on any atom is -0.365 e. The van der Waals surface area contributed by atoms with E-state index in [0.29, 0.717) is 76.4 Å². The topological polar surface area (TPSA) is 396 Å². The standard InChI is InChI=1S/2C19H22N8O.C16H14N6OS/c2*1-2-13(10-20)26-19-24-11-15(16(21)28)18(27-19)25-14-6-3-5-12(9-14)17-22-7-4-8-23-17;1-24-16-20-9-12(13(17)23)15(22-16)21-11-5-2-4-10(8-11)14-18-6-3-7-19-14/h2*3-9,11,13H,2,10,20H2,1H3,(H2,21,28)(H2,24,25,26,27);2-9H,1H3,(H2,17,23)(H,20,21,22)/t2*13-;/m11./s1. The normalized spacial score (nSPS) is 11.3. The lowest BCUT2D eigenvalue weighted by Crippen LogP contribution is -2.29. The van der Waals surface area contributed by atoms with Crippen molar-refractivity contribution in [3.63, 3.8) is 0 Å². The lowest BCUT2D eigenvalue weighted by molar-refractivity contribution is 0.0991. The second-order valence-electron chi connectivity index (χ2n) is 16.9. The highest BCUT2D eigenvalue weighted by atomic mass is 32.2.